The SMILES string of the molecule is CCC(C)c1ccccc1NC(=O)[C@H](Nc1ccc(C(F)(F)F)cc1Cl)C(C)C. The zero-order valence-corrected chi connectivity index (χ0v) is 17.7. The predicted octanol–water partition coefficient (Wildman–Crippen LogP) is 6.95. The molecule has 0 radical (unpaired) electrons. The number of nitrogens with one attached hydrogen (secondary N) is 2. The molecule has 0 bridgehead atoms. The molecular weight excluding hydrogens is 401 g/mol. The Hall–Kier alpha value is -2.21. The first-order valence-electron chi connectivity index (χ1n) is 9.57. The van der Waals surface area contributed by atoms with Gasteiger partial charge in [-0.15, -0.1) is 0 Å². The molecule has 1 unspecified atom stereocenters. The second kappa shape index (κ2) is 9.53. The summed E-state index contributed by atoms with van der Waals surface area (Å²) in [5.74, 6) is -0.114. The summed E-state index contributed by atoms with van der Waals surface area (Å²) >= 11 is 6.04. The minimum absolute atomic E-state index is 0.0849. The lowest BCUT2D eigenvalue weighted by atomic mass is 9.96. The van der Waals surface area contributed by atoms with E-state index < -0.39 is 17.8 Å². The van der Waals surface area contributed by atoms with Gasteiger partial charge >= 0.3 is 6.18 Å². The third-order valence-corrected chi connectivity index (χ3v) is 5.23. The van der Waals surface area contributed by atoms with Crippen molar-refractivity contribution >= 4 is 28.9 Å². The summed E-state index contributed by atoms with van der Waals surface area (Å²) < 4.78 is 38.5. The van der Waals surface area contributed by atoms with Crippen molar-refractivity contribution in [2.75, 3.05) is 10.6 Å². The van der Waals surface area contributed by atoms with E-state index in [1.54, 1.807) is 0 Å². The van der Waals surface area contributed by atoms with Crippen LogP contribution in [-0.2, 0) is 11.0 Å². The molecule has 0 saturated carbocycles. The van der Waals surface area contributed by atoms with Crippen molar-refractivity contribution in [2.24, 2.45) is 5.92 Å². The van der Waals surface area contributed by atoms with Gasteiger partial charge in [-0.2, -0.15) is 13.2 Å². The van der Waals surface area contributed by atoms with Crippen LogP contribution in [0.3, 0.4) is 0 Å². The molecule has 158 valence electrons. The molecule has 0 aliphatic carbocycles. The highest BCUT2D eigenvalue weighted by Gasteiger charge is 2.31. The van der Waals surface area contributed by atoms with Crippen molar-refractivity contribution in [3.8, 4) is 0 Å². The van der Waals surface area contributed by atoms with Crippen LogP contribution in [0.25, 0.3) is 0 Å². The second-order valence-corrected chi connectivity index (χ2v) is 7.85. The number of benzene rings is 2. The van der Waals surface area contributed by atoms with E-state index in [9.17, 15) is 18.0 Å². The maximum Gasteiger partial charge on any atom is 0.416 e. The van der Waals surface area contributed by atoms with Gasteiger partial charge in [-0.3, -0.25) is 4.79 Å². The van der Waals surface area contributed by atoms with E-state index in [0.717, 1.165) is 29.8 Å². The topological polar surface area (TPSA) is 41.1 Å². The standard InChI is InChI=1S/C22H26ClF3N2O/c1-5-14(4)16-8-6-7-9-18(16)28-21(29)20(13(2)3)27-19-11-10-15(12-17(19)23)22(24,25)26/h6-14,20,27H,5H2,1-4H3,(H,28,29)/t14?,20-/m1/s1. The summed E-state index contributed by atoms with van der Waals surface area (Å²) in [4.78, 5) is 13.0. The van der Waals surface area contributed by atoms with Crippen LogP contribution in [-0.4, -0.2) is 11.9 Å². The lowest BCUT2D eigenvalue weighted by Crippen LogP contribution is -2.39. The summed E-state index contributed by atoms with van der Waals surface area (Å²) in [6.07, 6.45) is -3.55. The summed E-state index contributed by atoms with van der Waals surface area (Å²) in [6, 6.07) is 9.99. The molecule has 0 aromatic heterocycles. The molecule has 2 atom stereocenters. The Balaban J connectivity index is 2.24. The number of halogens is 4. The van der Waals surface area contributed by atoms with E-state index in [1.165, 1.54) is 6.07 Å². The van der Waals surface area contributed by atoms with Crippen LogP contribution in [0.15, 0.2) is 42.5 Å². The summed E-state index contributed by atoms with van der Waals surface area (Å²) in [5, 5.41) is 5.87. The fourth-order valence-electron chi connectivity index (χ4n) is 2.98. The van der Waals surface area contributed by atoms with Crippen LogP contribution < -0.4 is 10.6 Å². The zero-order chi connectivity index (χ0) is 21.8. The average molecular weight is 427 g/mol. The first kappa shape index (κ1) is 23.1. The van der Waals surface area contributed by atoms with Crippen LogP contribution in [0, 0.1) is 5.92 Å². The van der Waals surface area contributed by atoms with Crippen molar-refractivity contribution in [3.63, 3.8) is 0 Å². The van der Waals surface area contributed by atoms with Crippen molar-refractivity contribution in [1.82, 2.24) is 0 Å². The molecule has 0 spiro atoms. The number of para-hydroxylation sites is 1. The lowest BCUT2D eigenvalue weighted by molar-refractivity contribution is -0.137. The van der Waals surface area contributed by atoms with Gasteiger partial charge in [0.15, 0.2) is 0 Å². The monoisotopic (exact) mass is 426 g/mol. The van der Waals surface area contributed by atoms with E-state index in [2.05, 4.69) is 24.5 Å². The molecule has 3 nitrogen and oxygen atoms in total. The van der Waals surface area contributed by atoms with Crippen LogP contribution in [0.1, 0.15) is 51.2 Å². The van der Waals surface area contributed by atoms with Crippen LogP contribution in [0.5, 0.6) is 0 Å². The number of amides is 1. The molecule has 1 amide bonds. The number of carbonyl (C=O) groups excluding carboxylic acids is 1. The van der Waals surface area contributed by atoms with E-state index >= 15 is 0 Å². The Bertz CT molecular complexity index is 852. The number of alkyl halides is 3. The fourth-order valence-corrected chi connectivity index (χ4v) is 3.22. The molecule has 0 saturated heterocycles. The molecule has 0 heterocycles. The molecule has 29 heavy (non-hydrogen) atoms. The van der Waals surface area contributed by atoms with Gasteiger partial charge in [-0.05, 0) is 48.1 Å². The molecule has 2 aromatic carbocycles. The quantitative estimate of drug-likeness (QED) is 0.503. The van der Waals surface area contributed by atoms with E-state index in [4.69, 9.17) is 11.6 Å². The first-order chi connectivity index (χ1) is 13.5. The normalized spacial score (nSPS) is 13.8. The smallest absolute Gasteiger partial charge is 0.372 e. The van der Waals surface area contributed by atoms with Gasteiger partial charge in [0.2, 0.25) is 5.91 Å². The predicted molar refractivity (Wildman–Crippen MR) is 112 cm³/mol. The number of carbonyl (C=O) groups is 1. The molecular formula is C22H26ClF3N2O. The summed E-state index contributed by atoms with van der Waals surface area (Å²) in [5.41, 5.74) is 1.22. The van der Waals surface area contributed by atoms with Crippen molar-refractivity contribution in [3.05, 3.63) is 58.6 Å². The number of hydrogen-bond donors (Lipinski definition) is 2. The molecule has 7 heteroatoms. The van der Waals surface area contributed by atoms with Gasteiger partial charge in [0.05, 0.1) is 16.3 Å². The highest BCUT2D eigenvalue weighted by atomic mass is 35.5. The number of hydrogen-bond acceptors (Lipinski definition) is 2. The average Bonchev–Trinajstić information content (AvgIpc) is 2.65. The molecule has 0 aliphatic heterocycles. The van der Waals surface area contributed by atoms with Gasteiger partial charge < -0.3 is 10.6 Å². The second-order valence-electron chi connectivity index (χ2n) is 7.44. The van der Waals surface area contributed by atoms with Gasteiger partial charge in [0.25, 0.3) is 0 Å². The van der Waals surface area contributed by atoms with Crippen LogP contribution >= 0.6 is 11.6 Å². The lowest BCUT2D eigenvalue weighted by Gasteiger charge is -2.25. The highest BCUT2D eigenvalue weighted by molar-refractivity contribution is 6.33. The van der Waals surface area contributed by atoms with Gasteiger partial charge in [-0.25, -0.2) is 0 Å². The van der Waals surface area contributed by atoms with Gasteiger partial charge in [0, 0.05) is 5.69 Å². The number of rotatable bonds is 7. The van der Waals surface area contributed by atoms with Crippen molar-refractivity contribution < 1.29 is 18.0 Å². The maximum atomic E-state index is 13.0. The third-order valence-electron chi connectivity index (χ3n) is 4.92. The largest absolute Gasteiger partial charge is 0.416 e. The molecule has 0 fully saturated rings. The summed E-state index contributed by atoms with van der Waals surface area (Å²) in [6.45, 7) is 7.88. The van der Waals surface area contributed by atoms with E-state index in [-0.39, 0.29) is 28.5 Å². The molecule has 2 rings (SSSR count). The Morgan fingerprint density at radius 1 is 1.07 bits per heavy atom. The minimum Gasteiger partial charge on any atom is -0.372 e. The summed E-state index contributed by atoms with van der Waals surface area (Å²) in [7, 11) is 0. The minimum atomic E-state index is -4.48. The van der Waals surface area contributed by atoms with Crippen molar-refractivity contribution in [2.45, 2.75) is 52.3 Å². The third kappa shape index (κ3) is 5.89. The maximum absolute atomic E-state index is 13.0. The van der Waals surface area contributed by atoms with Gasteiger partial charge in [0.1, 0.15) is 6.04 Å². The molecule has 2 aromatic rings. The van der Waals surface area contributed by atoms with E-state index in [0.29, 0.717) is 0 Å². The highest BCUT2D eigenvalue weighted by Crippen LogP contribution is 2.34. The van der Waals surface area contributed by atoms with Crippen LogP contribution in [0.4, 0.5) is 24.5 Å². The zero-order valence-electron chi connectivity index (χ0n) is 16.9. The van der Waals surface area contributed by atoms with Gasteiger partial charge in [-0.1, -0.05) is 57.5 Å². The fraction of sp³-hybridized carbons (Fsp3) is 0.409. The van der Waals surface area contributed by atoms with Crippen molar-refractivity contribution in [1.29, 1.82) is 0 Å². The Kier molecular flexibility index (Phi) is 7.58. The molecule has 2 N–H and O–H groups in total. The first-order valence-corrected chi connectivity index (χ1v) is 9.95. The van der Waals surface area contributed by atoms with Crippen LogP contribution in [0.2, 0.25) is 5.02 Å². The number of anilines is 2. The Morgan fingerprint density at radius 3 is 2.28 bits per heavy atom. The Labute approximate surface area is 174 Å². The molecule has 0 aliphatic rings. The van der Waals surface area contributed by atoms with E-state index in [1.807, 2.05) is 38.1 Å². The Morgan fingerprint density at radius 2 is 1.72 bits per heavy atom.